The van der Waals surface area contributed by atoms with Crippen LogP contribution in [0.4, 0.5) is 11.4 Å². The molecule has 0 amide bonds. The van der Waals surface area contributed by atoms with Gasteiger partial charge in [-0.1, -0.05) is 90.2 Å². The number of hydrogen-bond acceptors (Lipinski definition) is 10. The van der Waals surface area contributed by atoms with E-state index in [1.807, 2.05) is 102 Å². The van der Waals surface area contributed by atoms with Crippen molar-refractivity contribution in [3.63, 3.8) is 0 Å². The number of para-hydroxylation sites is 2. The standard InChI is InChI=1S/C31H32N2O7S3.C23H23N2/c1-22-10-13-29-27(18-22)33(15-7-17-43(37,38)39)31(41-29)20-23(2)19-30-32(14-6-16-42(34,35)36)26-21-25(11-12-28(26)40-30)24-8-4-3-5-9-24;1-3-24-20(15-13-18-9-5-7-11-22(18)24)17-21-16-14-19-10-6-8-12-23(19)25(21)4-2/h3-5,8-13,18-21H,6-7,14-17H2,1-2H3,(H-,34,35,36,37,38,39);5-17H,3-4H2,1-2H3/q;+1/p-1. The summed E-state index contributed by atoms with van der Waals surface area (Å²) in [5.74, 6) is 0.188. The summed E-state index contributed by atoms with van der Waals surface area (Å²) in [6.45, 7) is 10.8. The molecule has 0 unspecified atom stereocenters. The fourth-order valence-corrected chi connectivity index (χ4v) is 10.8. The molecule has 0 saturated heterocycles. The number of anilines is 2. The van der Waals surface area contributed by atoms with Crippen molar-refractivity contribution in [1.29, 1.82) is 0 Å². The molecule has 0 atom stereocenters. The van der Waals surface area contributed by atoms with Gasteiger partial charge >= 0.3 is 0 Å². The van der Waals surface area contributed by atoms with Crippen LogP contribution in [0.2, 0.25) is 0 Å². The van der Waals surface area contributed by atoms with Gasteiger partial charge in [0.25, 0.3) is 5.01 Å². The van der Waals surface area contributed by atoms with Gasteiger partial charge in [-0.05, 0) is 104 Å². The SMILES string of the molecule is CC(/C=C1\Oc2ccc(-c3ccccc3)cc2N1CCCS(=O)(=O)[O-])=C\c1sc2ccc(C)cc2[n+]1CCCS(=O)(=O)[O-].CCN1/C(=C/c2ccc3ccccc3[n+]2CC)C=Cc2ccccc21. The molecule has 0 bridgehead atoms. The third kappa shape index (κ3) is 11.5. The van der Waals surface area contributed by atoms with Gasteiger partial charge in [-0.2, -0.15) is 9.13 Å². The second-order valence-electron chi connectivity index (χ2n) is 16.7. The van der Waals surface area contributed by atoms with E-state index >= 15 is 0 Å². The van der Waals surface area contributed by atoms with Crippen molar-refractivity contribution in [2.24, 2.45) is 0 Å². The van der Waals surface area contributed by atoms with Gasteiger partial charge in [-0.15, -0.1) is 0 Å². The van der Waals surface area contributed by atoms with E-state index in [4.69, 9.17) is 4.74 Å². The van der Waals surface area contributed by atoms with Crippen molar-refractivity contribution in [3.8, 4) is 16.9 Å². The molecule has 0 saturated carbocycles. The smallest absolute Gasteiger partial charge is 0.263 e. The number of allylic oxidation sites excluding steroid dienone is 3. The first-order valence-corrected chi connectivity index (χ1v) is 26.7. The van der Waals surface area contributed by atoms with Crippen LogP contribution in [0.1, 0.15) is 55.4 Å². The molecule has 0 aliphatic carbocycles. The topological polar surface area (TPSA) is 138 Å². The number of thiazole rings is 1. The lowest BCUT2D eigenvalue weighted by molar-refractivity contribution is -0.669. The Morgan fingerprint density at radius 2 is 1.46 bits per heavy atom. The third-order valence-electron chi connectivity index (χ3n) is 11.9. The minimum atomic E-state index is -4.37. The summed E-state index contributed by atoms with van der Waals surface area (Å²) in [5, 5.41) is 2.16. The molecule has 11 nitrogen and oxygen atoms in total. The van der Waals surface area contributed by atoms with E-state index in [2.05, 4.69) is 102 Å². The van der Waals surface area contributed by atoms with Gasteiger partial charge in [0.2, 0.25) is 22.6 Å². The molecule has 7 aromatic rings. The number of benzene rings is 5. The molecule has 9 rings (SSSR count). The molecule has 2 aliphatic rings. The molecule has 350 valence electrons. The Balaban J connectivity index is 0.000000211. The molecular formula is C54H54N4O7S3. The van der Waals surface area contributed by atoms with Crippen molar-refractivity contribution in [3.05, 3.63) is 179 Å². The quantitative estimate of drug-likeness (QED) is 0.0770. The van der Waals surface area contributed by atoms with Gasteiger partial charge in [0.05, 0.1) is 25.9 Å². The summed E-state index contributed by atoms with van der Waals surface area (Å²) >= 11 is 1.56. The van der Waals surface area contributed by atoms with Gasteiger partial charge in [-0.3, -0.25) is 0 Å². The van der Waals surface area contributed by atoms with E-state index in [1.54, 1.807) is 11.3 Å². The van der Waals surface area contributed by atoms with Gasteiger partial charge in [0, 0.05) is 84.2 Å². The Labute approximate surface area is 403 Å². The Morgan fingerprint density at radius 3 is 2.22 bits per heavy atom. The summed E-state index contributed by atoms with van der Waals surface area (Å²) in [7, 11) is -8.70. The van der Waals surface area contributed by atoms with Crippen molar-refractivity contribution in [2.75, 3.05) is 34.4 Å². The number of aromatic nitrogens is 2. The maximum atomic E-state index is 11.3. The normalized spacial score (nSPS) is 14.9. The molecule has 2 aliphatic heterocycles. The minimum absolute atomic E-state index is 0.128. The molecule has 68 heavy (non-hydrogen) atoms. The number of aryl methyl sites for hydroxylation is 3. The first-order valence-electron chi connectivity index (χ1n) is 22.7. The van der Waals surface area contributed by atoms with Crippen molar-refractivity contribution < 1.29 is 39.8 Å². The van der Waals surface area contributed by atoms with Crippen molar-refractivity contribution in [2.45, 2.75) is 53.6 Å². The highest BCUT2D eigenvalue weighted by Crippen LogP contribution is 2.42. The van der Waals surface area contributed by atoms with Gasteiger partial charge in [0.15, 0.2) is 12.3 Å². The van der Waals surface area contributed by atoms with E-state index in [1.165, 1.54) is 33.5 Å². The molecule has 0 spiro atoms. The third-order valence-corrected chi connectivity index (χ3v) is 14.5. The van der Waals surface area contributed by atoms with Crippen LogP contribution in [-0.2, 0) is 33.3 Å². The summed E-state index contributed by atoms with van der Waals surface area (Å²) in [6.07, 6.45) is 10.9. The van der Waals surface area contributed by atoms with E-state index in [-0.39, 0.29) is 19.4 Å². The number of pyridine rings is 1. The number of hydrogen-bond donors (Lipinski definition) is 0. The maximum Gasteiger partial charge on any atom is 0.263 e. The summed E-state index contributed by atoms with van der Waals surface area (Å²) in [5.41, 5.74) is 11.9. The van der Waals surface area contributed by atoms with Gasteiger partial charge in [0.1, 0.15) is 11.2 Å². The molecule has 0 radical (unpaired) electrons. The lowest BCUT2D eigenvalue weighted by Gasteiger charge is -2.29. The fourth-order valence-electron chi connectivity index (χ4n) is 8.69. The molecule has 14 heteroatoms. The number of fused-ring (bicyclic) bond motifs is 4. The number of rotatable bonds is 14. The lowest BCUT2D eigenvalue weighted by Crippen LogP contribution is -2.37. The zero-order chi connectivity index (χ0) is 48.0. The lowest BCUT2D eigenvalue weighted by atomic mass is 10.0. The Bertz CT molecular complexity index is 3340. The Hall–Kier alpha value is -6.42. The van der Waals surface area contributed by atoms with Crippen LogP contribution in [0.3, 0.4) is 0 Å². The average molecular weight is 967 g/mol. The zero-order valence-electron chi connectivity index (χ0n) is 38.5. The van der Waals surface area contributed by atoms with E-state index < -0.39 is 31.7 Å². The van der Waals surface area contributed by atoms with Gasteiger partial charge < -0.3 is 23.6 Å². The minimum Gasteiger partial charge on any atom is -0.748 e. The number of likely N-dealkylation sites (N-methyl/N-ethyl adjacent to an activating group) is 1. The molecule has 2 aromatic heterocycles. The zero-order valence-corrected chi connectivity index (χ0v) is 41.0. The monoisotopic (exact) mass is 966 g/mol. The molecule has 0 N–H and O–H groups in total. The highest BCUT2D eigenvalue weighted by Gasteiger charge is 2.28. The summed E-state index contributed by atoms with van der Waals surface area (Å²) < 4.78 is 79.4. The Morgan fingerprint density at radius 1 is 0.721 bits per heavy atom. The molecule has 0 fully saturated rings. The fraction of sp³-hybridized carbons (Fsp3) is 0.222. The largest absolute Gasteiger partial charge is 0.748 e. The predicted molar refractivity (Wildman–Crippen MR) is 273 cm³/mol. The van der Waals surface area contributed by atoms with Crippen LogP contribution < -0.4 is 23.7 Å². The van der Waals surface area contributed by atoms with E-state index in [9.17, 15) is 25.9 Å². The second-order valence-corrected chi connectivity index (χ2v) is 20.8. The Kier molecular flexibility index (Phi) is 14.7. The number of nitrogens with zero attached hydrogens (tertiary/aromatic N) is 4. The van der Waals surface area contributed by atoms with Crippen LogP contribution in [0.15, 0.2) is 157 Å². The van der Waals surface area contributed by atoms with Crippen LogP contribution in [0.5, 0.6) is 5.75 Å². The van der Waals surface area contributed by atoms with Crippen molar-refractivity contribution in [1.82, 2.24) is 0 Å². The van der Waals surface area contributed by atoms with Gasteiger partial charge in [-0.25, -0.2) is 16.8 Å². The van der Waals surface area contributed by atoms with Crippen LogP contribution in [-0.4, -0.2) is 50.5 Å². The van der Waals surface area contributed by atoms with Crippen molar-refractivity contribution >= 4 is 82.3 Å². The second kappa shape index (κ2) is 20.8. The molecule has 4 heterocycles. The first kappa shape index (κ1) is 48.1. The van der Waals surface area contributed by atoms with Crippen LogP contribution in [0, 0.1) is 6.92 Å². The van der Waals surface area contributed by atoms with E-state index in [0.717, 1.165) is 56.3 Å². The molecule has 5 aromatic carbocycles. The highest BCUT2D eigenvalue weighted by molar-refractivity contribution is 7.85. The maximum absolute atomic E-state index is 11.3. The first-order chi connectivity index (χ1) is 32.7. The molecular weight excluding hydrogens is 913 g/mol. The van der Waals surface area contributed by atoms with E-state index in [0.29, 0.717) is 18.2 Å². The van der Waals surface area contributed by atoms with Crippen LogP contribution in [0.25, 0.3) is 50.5 Å². The average Bonchev–Trinajstić information content (AvgIpc) is 3.83. The predicted octanol–water partition coefficient (Wildman–Crippen LogP) is 10.2. The number of ether oxygens (including phenoxy) is 1. The summed E-state index contributed by atoms with van der Waals surface area (Å²) in [6, 6.07) is 43.4. The van der Waals surface area contributed by atoms with Crippen LogP contribution >= 0.6 is 11.3 Å². The summed E-state index contributed by atoms with van der Waals surface area (Å²) in [4.78, 5) is 4.26. The highest BCUT2D eigenvalue weighted by atomic mass is 32.2.